The summed E-state index contributed by atoms with van der Waals surface area (Å²) in [5.41, 5.74) is 1.35. The first kappa shape index (κ1) is 22.5. The summed E-state index contributed by atoms with van der Waals surface area (Å²) < 4.78 is 32.8. The van der Waals surface area contributed by atoms with Crippen molar-refractivity contribution in [2.75, 3.05) is 13.2 Å². The van der Waals surface area contributed by atoms with E-state index in [1.165, 1.54) is 22.5 Å². The molecule has 0 amide bonds. The lowest BCUT2D eigenvalue weighted by molar-refractivity contribution is -0.129. The highest BCUT2D eigenvalue weighted by molar-refractivity contribution is 7.89. The largest absolute Gasteiger partial charge is 0.454 e. The number of esters is 1. The molecule has 1 aliphatic heterocycles. The van der Waals surface area contributed by atoms with Crippen LogP contribution in [0.5, 0.6) is 0 Å². The van der Waals surface area contributed by atoms with Crippen LogP contribution in [-0.2, 0) is 32.5 Å². The van der Waals surface area contributed by atoms with Gasteiger partial charge in [0, 0.05) is 18.5 Å². The minimum Gasteiger partial charge on any atom is -0.454 e. The van der Waals surface area contributed by atoms with Gasteiger partial charge in [-0.3, -0.25) is 4.79 Å². The Hall–Kier alpha value is -2.22. The Balaban J connectivity index is 1.82. The average molecular weight is 450 g/mol. The Labute approximate surface area is 181 Å². The number of nitrogens with zero attached hydrogens (tertiary/aromatic N) is 1. The number of hydrogen-bond acceptors (Lipinski definition) is 5. The van der Waals surface area contributed by atoms with Crippen LogP contribution in [0.4, 0.5) is 0 Å². The number of ether oxygens (including phenoxy) is 1. The molecule has 30 heavy (non-hydrogen) atoms. The van der Waals surface area contributed by atoms with E-state index in [9.17, 15) is 18.0 Å². The third-order valence-corrected chi connectivity index (χ3v) is 7.23. The number of benzene rings is 2. The molecule has 2 aromatic carbocycles. The molecule has 0 aromatic heterocycles. The molecule has 1 heterocycles. The van der Waals surface area contributed by atoms with Gasteiger partial charge in [0.25, 0.3) is 0 Å². The zero-order chi connectivity index (χ0) is 22.1. The summed E-state index contributed by atoms with van der Waals surface area (Å²) in [6, 6.07) is 11.7. The van der Waals surface area contributed by atoms with Crippen molar-refractivity contribution >= 4 is 33.4 Å². The van der Waals surface area contributed by atoms with E-state index in [4.69, 9.17) is 16.3 Å². The standard InChI is InChI=1S/C22H24ClNO5S/c1-22(2,3)20(25)14-29-21(26)18-12-17(8-9-19(18)23)30(27,28)24-11-10-15-6-4-5-7-16(15)13-24/h4-9,12H,10-11,13-14H2,1-3H3. The molecule has 0 saturated heterocycles. The highest BCUT2D eigenvalue weighted by Gasteiger charge is 2.30. The Kier molecular flexibility index (Phi) is 6.36. The number of rotatable bonds is 5. The first-order valence-corrected chi connectivity index (χ1v) is 11.4. The van der Waals surface area contributed by atoms with Gasteiger partial charge in [0.15, 0.2) is 12.4 Å². The molecule has 0 fully saturated rings. The molecular weight excluding hydrogens is 426 g/mol. The van der Waals surface area contributed by atoms with Gasteiger partial charge in [-0.1, -0.05) is 56.6 Å². The van der Waals surface area contributed by atoms with Crippen molar-refractivity contribution in [3.8, 4) is 0 Å². The molecule has 8 heteroatoms. The molecule has 0 spiro atoms. The minimum absolute atomic E-state index is 0.0413. The molecule has 6 nitrogen and oxygen atoms in total. The fourth-order valence-corrected chi connectivity index (χ4v) is 4.71. The molecule has 0 aliphatic carbocycles. The van der Waals surface area contributed by atoms with Crippen LogP contribution in [0.3, 0.4) is 0 Å². The summed E-state index contributed by atoms with van der Waals surface area (Å²) >= 11 is 6.10. The van der Waals surface area contributed by atoms with Crippen molar-refractivity contribution in [1.82, 2.24) is 4.31 Å². The van der Waals surface area contributed by atoms with Gasteiger partial charge in [0.2, 0.25) is 10.0 Å². The highest BCUT2D eigenvalue weighted by atomic mass is 35.5. The van der Waals surface area contributed by atoms with Crippen molar-refractivity contribution in [2.24, 2.45) is 5.41 Å². The Morgan fingerprint density at radius 1 is 1.10 bits per heavy atom. The van der Waals surface area contributed by atoms with Gasteiger partial charge in [0.1, 0.15) is 0 Å². The normalized spacial score (nSPS) is 14.8. The monoisotopic (exact) mass is 449 g/mol. The average Bonchev–Trinajstić information content (AvgIpc) is 2.70. The summed E-state index contributed by atoms with van der Waals surface area (Å²) in [5, 5.41) is 0.0612. The van der Waals surface area contributed by atoms with E-state index in [2.05, 4.69) is 0 Å². The summed E-state index contributed by atoms with van der Waals surface area (Å²) in [5.74, 6) is -1.08. The molecule has 160 valence electrons. The number of hydrogen-bond donors (Lipinski definition) is 0. The lowest BCUT2D eigenvalue weighted by atomic mass is 9.91. The summed E-state index contributed by atoms with van der Waals surface area (Å²) in [4.78, 5) is 24.4. The van der Waals surface area contributed by atoms with Crippen LogP contribution in [0, 0.1) is 5.41 Å². The topological polar surface area (TPSA) is 80.8 Å². The van der Waals surface area contributed by atoms with E-state index in [1.807, 2.05) is 24.3 Å². The van der Waals surface area contributed by atoms with E-state index < -0.39 is 28.0 Å². The van der Waals surface area contributed by atoms with Gasteiger partial charge in [0.05, 0.1) is 15.5 Å². The second-order valence-corrected chi connectivity index (χ2v) is 10.6. The second kappa shape index (κ2) is 8.49. The van der Waals surface area contributed by atoms with Crippen LogP contribution >= 0.6 is 11.6 Å². The number of carbonyl (C=O) groups excluding carboxylic acids is 2. The predicted molar refractivity (Wildman–Crippen MR) is 114 cm³/mol. The highest BCUT2D eigenvalue weighted by Crippen LogP contribution is 2.28. The van der Waals surface area contributed by atoms with Gasteiger partial charge in [-0.2, -0.15) is 4.31 Å². The first-order chi connectivity index (χ1) is 14.0. The Morgan fingerprint density at radius 3 is 2.43 bits per heavy atom. The zero-order valence-electron chi connectivity index (χ0n) is 17.1. The lowest BCUT2D eigenvalue weighted by Crippen LogP contribution is -2.36. The lowest BCUT2D eigenvalue weighted by Gasteiger charge is -2.28. The van der Waals surface area contributed by atoms with Crippen LogP contribution in [0.1, 0.15) is 42.3 Å². The fraction of sp³-hybridized carbons (Fsp3) is 0.364. The number of ketones is 1. The number of Topliss-reactive ketones (excluding diaryl/α,β-unsaturated/α-hetero) is 1. The van der Waals surface area contributed by atoms with E-state index in [-0.39, 0.29) is 27.8 Å². The van der Waals surface area contributed by atoms with Gasteiger partial charge >= 0.3 is 5.97 Å². The second-order valence-electron chi connectivity index (χ2n) is 8.25. The van der Waals surface area contributed by atoms with E-state index in [0.29, 0.717) is 13.0 Å². The van der Waals surface area contributed by atoms with Gasteiger partial charge in [-0.05, 0) is 35.7 Å². The van der Waals surface area contributed by atoms with Crippen LogP contribution < -0.4 is 0 Å². The summed E-state index contributed by atoms with van der Waals surface area (Å²) in [6.45, 7) is 5.38. The van der Waals surface area contributed by atoms with Crippen LogP contribution in [-0.4, -0.2) is 37.6 Å². The molecule has 0 atom stereocenters. The van der Waals surface area contributed by atoms with Crippen molar-refractivity contribution in [1.29, 1.82) is 0 Å². The minimum atomic E-state index is -3.83. The predicted octanol–water partition coefficient (Wildman–Crippen LogP) is 3.86. The van der Waals surface area contributed by atoms with Gasteiger partial charge < -0.3 is 4.74 Å². The summed E-state index contributed by atoms with van der Waals surface area (Å²) in [7, 11) is -3.83. The number of fused-ring (bicyclic) bond motifs is 1. The smallest absolute Gasteiger partial charge is 0.340 e. The molecule has 0 bridgehead atoms. The first-order valence-electron chi connectivity index (χ1n) is 9.57. The maximum Gasteiger partial charge on any atom is 0.340 e. The molecule has 1 aliphatic rings. The van der Waals surface area contributed by atoms with Crippen molar-refractivity contribution < 1.29 is 22.7 Å². The third kappa shape index (κ3) is 4.74. The number of sulfonamides is 1. The van der Waals surface area contributed by atoms with Gasteiger partial charge in [-0.25, -0.2) is 13.2 Å². The van der Waals surface area contributed by atoms with Crippen LogP contribution in [0.25, 0.3) is 0 Å². The molecule has 0 N–H and O–H groups in total. The van der Waals surface area contributed by atoms with Crippen LogP contribution in [0.15, 0.2) is 47.4 Å². The van der Waals surface area contributed by atoms with Crippen LogP contribution in [0.2, 0.25) is 5.02 Å². The Morgan fingerprint density at radius 2 is 1.77 bits per heavy atom. The molecular formula is C22H24ClNO5S. The maximum atomic E-state index is 13.2. The van der Waals surface area contributed by atoms with Crippen molar-refractivity contribution in [2.45, 2.75) is 38.6 Å². The SMILES string of the molecule is CC(C)(C)C(=O)COC(=O)c1cc(S(=O)(=O)N2CCc3ccccc3C2)ccc1Cl. The molecule has 0 saturated carbocycles. The maximum absolute atomic E-state index is 13.2. The van der Waals surface area contributed by atoms with Crippen molar-refractivity contribution in [3.05, 3.63) is 64.2 Å². The summed E-state index contributed by atoms with van der Waals surface area (Å²) in [6.07, 6.45) is 0.618. The van der Waals surface area contributed by atoms with E-state index >= 15 is 0 Å². The van der Waals surface area contributed by atoms with Crippen molar-refractivity contribution in [3.63, 3.8) is 0 Å². The molecule has 2 aromatic rings. The van der Waals surface area contributed by atoms with E-state index in [0.717, 1.165) is 11.1 Å². The zero-order valence-corrected chi connectivity index (χ0v) is 18.7. The fourth-order valence-electron chi connectivity index (χ4n) is 3.07. The Bertz CT molecular complexity index is 1090. The van der Waals surface area contributed by atoms with Gasteiger partial charge in [-0.15, -0.1) is 0 Å². The molecule has 0 radical (unpaired) electrons. The molecule has 3 rings (SSSR count). The quantitative estimate of drug-likeness (QED) is 0.647. The third-order valence-electron chi connectivity index (χ3n) is 5.06. The number of halogens is 1. The van der Waals surface area contributed by atoms with E-state index in [1.54, 1.807) is 20.8 Å². The molecule has 0 unspecified atom stereocenters. The number of carbonyl (C=O) groups is 2.